The Kier molecular flexibility index (Phi) is 4.76. The van der Waals surface area contributed by atoms with Crippen molar-refractivity contribution in [2.24, 2.45) is 5.92 Å². The minimum atomic E-state index is 0.574. The van der Waals surface area contributed by atoms with Gasteiger partial charge in [-0.15, -0.1) is 0 Å². The van der Waals surface area contributed by atoms with Gasteiger partial charge in [-0.05, 0) is 12.8 Å². The minimum Gasteiger partial charge on any atom is -0.370 e. The van der Waals surface area contributed by atoms with E-state index in [4.69, 9.17) is 0 Å². The zero-order valence-electron chi connectivity index (χ0n) is 12.5. The average molecular weight is 277 g/mol. The number of hydrogen-bond donors (Lipinski definition) is 1. The average Bonchev–Trinajstić information content (AvgIpc) is 2.44. The summed E-state index contributed by atoms with van der Waals surface area (Å²) in [5, 5.41) is 3.34. The van der Waals surface area contributed by atoms with Crippen LogP contribution in [0.2, 0.25) is 0 Å². The number of carbonyl (C=O) groups excluding carboxylic acids is 1. The highest BCUT2D eigenvalue weighted by Crippen LogP contribution is 2.15. The fourth-order valence-corrected chi connectivity index (χ4v) is 2.12. The summed E-state index contributed by atoms with van der Waals surface area (Å²) in [5.74, 6) is 2.20. The van der Waals surface area contributed by atoms with Crippen LogP contribution in [0.5, 0.6) is 0 Å². The van der Waals surface area contributed by atoms with Gasteiger partial charge in [-0.2, -0.15) is 4.98 Å². The van der Waals surface area contributed by atoms with Crippen LogP contribution >= 0.6 is 0 Å². The van der Waals surface area contributed by atoms with Gasteiger partial charge in [0.05, 0.1) is 0 Å². The molecule has 1 saturated heterocycles. The summed E-state index contributed by atoms with van der Waals surface area (Å²) >= 11 is 0. The third-order valence-electron chi connectivity index (χ3n) is 3.28. The van der Waals surface area contributed by atoms with Crippen LogP contribution in [0.15, 0.2) is 6.07 Å². The summed E-state index contributed by atoms with van der Waals surface area (Å²) in [4.78, 5) is 23.7. The Morgan fingerprint density at radius 2 is 2.00 bits per heavy atom. The van der Waals surface area contributed by atoms with E-state index in [1.807, 2.05) is 13.0 Å². The second-order valence-electron chi connectivity index (χ2n) is 5.60. The molecule has 1 aromatic heterocycles. The smallest absolute Gasteiger partial charge is 0.227 e. The molecule has 1 amide bonds. The van der Waals surface area contributed by atoms with Crippen LogP contribution in [0, 0.1) is 12.8 Å². The highest BCUT2D eigenvalue weighted by atomic mass is 16.1. The van der Waals surface area contributed by atoms with Crippen LogP contribution in [0.3, 0.4) is 0 Å². The van der Waals surface area contributed by atoms with Crippen LogP contribution in [-0.4, -0.2) is 54.0 Å². The first kappa shape index (κ1) is 14.6. The first-order valence-electron chi connectivity index (χ1n) is 7.12. The molecule has 1 aromatic rings. The van der Waals surface area contributed by atoms with Crippen molar-refractivity contribution in [1.29, 1.82) is 0 Å². The van der Waals surface area contributed by atoms with Crippen molar-refractivity contribution in [3.05, 3.63) is 11.8 Å². The Hall–Kier alpha value is -1.85. The Balaban J connectivity index is 2.06. The molecule has 2 heterocycles. The van der Waals surface area contributed by atoms with Crippen molar-refractivity contribution in [1.82, 2.24) is 14.9 Å². The maximum Gasteiger partial charge on any atom is 0.227 e. The zero-order valence-corrected chi connectivity index (χ0v) is 12.5. The van der Waals surface area contributed by atoms with Gasteiger partial charge < -0.3 is 15.1 Å². The SMILES string of the molecule is Cc1cc(NCC(C)C)nc(N2CCN(C=O)CC2)n1. The number of hydrogen-bond acceptors (Lipinski definition) is 5. The fraction of sp³-hybridized carbons (Fsp3) is 0.643. The van der Waals surface area contributed by atoms with Gasteiger partial charge in [-0.3, -0.25) is 4.79 Å². The molecule has 2 rings (SSSR count). The van der Waals surface area contributed by atoms with Crippen molar-refractivity contribution in [2.75, 3.05) is 42.9 Å². The van der Waals surface area contributed by atoms with Crippen LogP contribution in [0.1, 0.15) is 19.5 Å². The molecule has 0 aromatic carbocycles. The molecule has 0 unspecified atom stereocenters. The van der Waals surface area contributed by atoms with E-state index in [0.29, 0.717) is 5.92 Å². The maximum atomic E-state index is 10.7. The van der Waals surface area contributed by atoms with Crippen LogP contribution in [0.25, 0.3) is 0 Å². The van der Waals surface area contributed by atoms with E-state index in [-0.39, 0.29) is 0 Å². The normalized spacial score (nSPS) is 15.6. The van der Waals surface area contributed by atoms with Crippen molar-refractivity contribution in [3.8, 4) is 0 Å². The second kappa shape index (κ2) is 6.54. The summed E-state index contributed by atoms with van der Waals surface area (Å²) in [6.45, 7) is 10.2. The van der Waals surface area contributed by atoms with Crippen molar-refractivity contribution < 1.29 is 4.79 Å². The van der Waals surface area contributed by atoms with E-state index in [1.165, 1.54) is 0 Å². The molecule has 20 heavy (non-hydrogen) atoms. The maximum absolute atomic E-state index is 10.7. The summed E-state index contributed by atoms with van der Waals surface area (Å²) in [6, 6.07) is 1.97. The second-order valence-corrected chi connectivity index (χ2v) is 5.60. The van der Waals surface area contributed by atoms with Gasteiger partial charge in [0.1, 0.15) is 5.82 Å². The predicted molar refractivity (Wildman–Crippen MR) is 79.9 cm³/mol. The minimum absolute atomic E-state index is 0.574. The van der Waals surface area contributed by atoms with Crippen LogP contribution < -0.4 is 10.2 Å². The van der Waals surface area contributed by atoms with Crippen molar-refractivity contribution in [2.45, 2.75) is 20.8 Å². The number of rotatable bonds is 5. The third-order valence-corrected chi connectivity index (χ3v) is 3.28. The third kappa shape index (κ3) is 3.82. The molecule has 0 radical (unpaired) electrons. The number of aromatic nitrogens is 2. The molecule has 0 aliphatic carbocycles. The molecule has 110 valence electrons. The number of amides is 1. The van der Waals surface area contributed by atoms with E-state index >= 15 is 0 Å². The van der Waals surface area contributed by atoms with Crippen LogP contribution in [-0.2, 0) is 4.79 Å². The monoisotopic (exact) mass is 277 g/mol. The number of piperazine rings is 1. The first-order valence-corrected chi connectivity index (χ1v) is 7.12. The zero-order chi connectivity index (χ0) is 14.5. The van der Waals surface area contributed by atoms with E-state index in [0.717, 1.165) is 56.6 Å². The molecule has 0 bridgehead atoms. The molecule has 1 N–H and O–H groups in total. The molecule has 1 aliphatic rings. The molecule has 6 nitrogen and oxygen atoms in total. The Labute approximate surface area is 120 Å². The van der Waals surface area contributed by atoms with E-state index in [9.17, 15) is 4.79 Å². The molecule has 0 saturated carbocycles. The molecule has 1 aliphatic heterocycles. The van der Waals surface area contributed by atoms with Crippen molar-refractivity contribution >= 4 is 18.2 Å². The lowest BCUT2D eigenvalue weighted by Gasteiger charge is -2.32. The van der Waals surface area contributed by atoms with E-state index < -0.39 is 0 Å². The molecule has 0 atom stereocenters. The van der Waals surface area contributed by atoms with Gasteiger partial charge in [0.25, 0.3) is 0 Å². The first-order chi connectivity index (χ1) is 9.58. The summed E-state index contributed by atoms with van der Waals surface area (Å²) in [7, 11) is 0. The highest BCUT2D eigenvalue weighted by Gasteiger charge is 2.18. The summed E-state index contributed by atoms with van der Waals surface area (Å²) < 4.78 is 0. The lowest BCUT2D eigenvalue weighted by atomic mass is 10.2. The molecule has 0 spiro atoms. The largest absolute Gasteiger partial charge is 0.370 e. The van der Waals surface area contributed by atoms with Crippen LogP contribution in [0.4, 0.5) is 11.8 Å². The lowest BCUT2D eigenvalue weighted by Crippen LogP contribution is -2.46. The number of anilines is 2. The fourth-order valence-electron chi connectivity index (χ4n) is 2.12. The number of carbonyl (C=O) groups is 1. The number of nitrogens with one attached hydrogen (secondary N) is 1. The highest BCUT2D eigenvalue weighted by molar-refractivity contribution is 5.49. The van der Waals surface area contributed by atoms with Gasteiger partial charge in [-0.1, -0.05) is 13.8 Å². The van der Waals surface area contributed by atoms with Gasteiger partial charge in [0.15, 0.2) is 0 Å². The number of aryl methyl sites for hydroxylation is 1. The Morgan fingerprint density at radius 1 is 1.30 bits per heavy atom. The summed E-state index contributed by atoms with van der Waals surface area (Å²) in [5.41, 5.74) is 0.957. The molecule has 1 fully saturated rings. The molecular formula is C14H23N5O. The Morgan fingerprint density at radius 3 is 2.60 bits per heavy atom. The van der Waals surface area contributed by atoms with Gasteiger partial charge in [-0.25, -0.2) is 4.98 Å². The molecule has 6 heteroatoms. The molecular weight excluding hydrogens is 254 g/mol. The van der Waals surface area contributed by atoms with Gasteiger partial charge in [0, 0.05) is 44.5 Å². The van der Waals surface area contributed by atoms with Gasteiger partial charge >= 0.3 is 0 Å². The van der Waals surface area contributed by atoms with E-state index in [1.54, 1.807) is 4.90 Å². The topological polar surface area (TPSA) is 61.4 Å². The Bertz CT molecular complexity index is 455. The van der Waals surface area contributed by atoms with Crippen molar-refractivity contribution in [3.63, 3.8) is 0 Å². The predicted octanol–water partition coefficient (Wildman–Crippen LogP) is 1.13. The standard InChI is InChI=1S/C14H23N5O/c1-11(2)9-15-13-8-12(3)16-14(17-13)19-6-4-18(10-20)5-7-19/h8,10-11H,4-7,9H2,1-3H3,(H,15,16,17). The lowest BCUT2D eigenvalue weighted by molar-refractivity contribution is -0.118. The van der Waals surface area contributed by atoms with Gasteiger partial charge in [0.2, 0.25) is 12.4 Å². The quantitative estimate of drug-likeness (QED) is 0.818. The summed E-state index contributed by atoms with van der Waals surface area (Å²) in [6.07, 6.45) is 0.907. The van der Waals surface area contributed by atoms with E-state index in [2.05, 4.69) is 34.0 Å². The number of nitrogens with zero attached hydrogens (tertiary/aromatic N) is 4.